The summed E-state index contributed by atoms with van der Waals surface area (Å²) in [6.07, 6.45) is -0.702. The standard InChI is InChI=1S/C31H25NO6/c33-29(34)22-15-13-21(14-16-22)20-11-9-19(10-12-20)17-28(30(35)36)32-31(37)38-18-27-25-7-3-1-5-23(25)24-6-2-4-8-26(24)27/h1-16,27-28H,17-18H2,(H,32,37)(H,33,34)(H,35,36). The van der Waals surface area contributed by atoms with Crippen LogP contribution in [0.15, 0.2) is 97.1 Å². The molecule has 38 heavy (non-hydrogen) atoms. The van der Waals surface area contributed by atoms with E-state index in [9.17, 15) is 19.5 Å². The molecule has 4 aromatic carbocycles. The van der Waals surface area contributed by atoms with Crippen LogP contribution in [-0.4, -0.2) is 40.9 Å². The number of aliphatic carboxylic acids is 1. The van der Waals surface area contributed by atoms with Crippen molar-refractivity contribution < 1.29 is 29.3 Å². The second-order valence-corrected chi connectivity index (χ2v) is 9.14. The number of nitrogens with one attached hydrogen (secondary N) is 1. The number of carboxylic acids is 2. The Morgan fingerprint density at radius 2 is 1.26 bits per heavy atom. The monoisotopic (exact) mass is 507 g/mol. The minimum absolute atomic E-state index is 0.0811. The summed E-state index contributed by atoms with van der Waals surface area (Å²) in [5.41, 5.74) is 7.01. The third-order valence-electron chi connectivity index (χ3n) is 6.79. The zero-order valence-corrected chi connectivity index (χ0v) is 20.3. The van der Waals surface area contributed by atoms with Crippen LogP contribution in [0.1, 0.15) is 33.0 Å². The summed E-state index contributed by atoms with van der Waals surface area (Å²) in [4.78, 5) is 35.5. The molecule has 0 aliphatic heterocycles. The molecular formula is C31H25NO6. The summed E-state index contributed by atoms with van der Waals surface area (Å²) in [6.45, 7) is 0.0988. The number of hydrogen-bond donors (Lipinski definition) is 3. The van der Waals surface area contributed by atoms with Crippen molar-refractivity contribution in [3.05, 3.63) is 119 Å². The zero-order chi connectivity index (χ0) is 26.6. The first-order valence-corrected chi connectivity index (χ1v) is 12.2. The number of amides is 1. The third kappa shape index (κ3) is 5.13. The first-order chi connectivity index (χ1) is 18.4. The van der Waals surface area contributed by atoms with Gasteiger partial charge in [0, 0.05) is 12.3 Å². The Labute approximate surface area is 219 Å². The highest BCUT2D eigenvalue weighted by atomic mass is 16.5. The van der Waals surface area contributed by atoms with Crippen molar-refractivity contribution in [1.29, 1.82) is 0 Å². The number of carboxylic acid groups (broad SMARTS) is 2. The van der Waals surface area contributed by atoms with E-state index in [-0.39, 0.29) is 24.5 Å². The van der Waals surface area contributed by atoms with Crippen LogP contribution in [0.5, 0.6) is 0 Å². The Kier molecular flexibility index (Phi) is 6.91. The fourth-order valence-corrected chi connectivity index (χ4v) is 4.86. The average Bonchev–Trinajstić information content (AvgIpc) is 3.25. The fourth-order valence-electron chi connectivity index (χ4n) is 4.86. The lowest BCUT2D eigenvalue weighted by molar-refractivity contribution is -0.139. The van der Waals surface area contributed by atoms with E-state index < -0.39 is 24.1 Å². The first kappa shape index (κ1) is 24.8. The van der Waals surface area contributed by atoms with Gasteiger partial charge >= 0.3 is 18.0 Å². The van der Waals surface area contributed by atoms with Crippen molar-refractivity contribution in [3.63, 3.8) is 0 Å². The van der Waals surface area contributed by atoms with Crippen LogP contribution in [0.3, 0.4) is 0 Å². The van der Waals surface area contributed by atoms with Gasteiger partial charge in [-0.15, -0.1) is 0 Å². The van der Waals surface area contributed by atoms with Crippen LogP contribution in [0, 0.1) is 0 Å². The van der Waals surface area contributed by atoms with Crippen molar-refractivity contribution >= 4 is 18.0 Å². The molecule has 0 fully saturated rings. The summed E-state index contributed by atoms with van der Waals surface area (Å²) in [7, 11) is 0. The van der Waals surface area contributed by atoms with Crippen LogP contribution in [-0.2, 0) is 16.0 Å². The lowest BCUT2D eigenvalue weighted by Crippen LogP contribution is -2.42. The fraction of sp³-hybridized carbons (Fsp3) is 0.129. The average molecular weight is 508 g/mol. The highest BCUT2D eigenvalue weighted by Gasteiger charge is 2.29. The van der Waals surface area contributed by atoms with Gasteiger partial charge < -0.3 is 20.3 Å². The van der Waals surface area contributed by atoms with Crippen molar-refractivity contribution in [2.45, 2.75) is 18.4 Å². The van der Waals surface area contributed by atoms with Gasteiger partial charge in [-0.2, -0.15) is 0 Å². The molecule has 1 aliphatic rings. The molecule has 0 radical (unpaired) electrons. The van der Waals surface area contributed by atoms with E-state index in [1.165, 1.54) is 12.1 Å². The van der Waals surface area contributed by atoms with Crippen LogP contribution in [0.2, 0.25) is 0 Å². The van der Waals surface area contributed by atoms with E-state index in [0.29, 0.717) is 0 Å². The Balaban J connectivity index is 1.21. The topological polar surface area (TPSA) is 113 Å². The first-order valence-electron chi connectivity index (χ1n) is 12.2. The van der Waals surface area contributed by atoms with Crippen LogP contribution in [0.4, 0.5) is 4.79 Å². The van der Waals surface area contributed by atoms with E-state index >= 15 is 0 Å². The normalized spacial score (nSPS) is 12.7. The molecule has 7 heteroatoms. The molecule has 7 nitrogen and oxygen atoms in total. The number of fused-ring (bicyclic) bond motifs is 3. The van der Waals surface area contributed by atoms with Gasteiger partial charge in [-0.1, -0.05) is 84.9 Å². The second-order valence-electron chi connectivity index (χ2n) is 9.14. The molecule has 0 spiro atoms. The van der Waals surface area contributed by atoms with Crippen molar-refractivity contribution in [2.75, 3.05) is 6.61 Å². The van der Waals surface area contributed by atoms with E-state index in [1.807, 2.05) is 60.7 Å². The molecule has 5 rings (SSSR count). The molecule has 0 heterocycles. The molecule has 0 saturated carbocycles. The second kappa shape index (κ2) is 10.6. The summed E-state index contributed by atoms with van der Waals surface area (Å²) in [5, 5.41) is 21.2. The predicted octanol–water partition coefficient (Wildman–Crippen LogP) is 5.59. The Hall–Kier alpha value is -4.91. The van der Waals surface area contributed by atoms with Gasteiger partial charge in [0.1, 0.15) is 12.6 Å². The van der Waals surface area contributed by atoms with Crippen molar-refractivity contribution in [2.24, 2.45) is 0 Å². The highest BCUT2D eigenvalue weighted by Crippen LogP contribution is 2.44. The number of carbonyl (C=O) groups is 3. The van der Waals surface area contributed by atoms with Crippen LogP contribution < -0.4 is 5.32 Å². The molecular weight excluding hydrogens is 482 g/mol. The van der Waals surface area contributed by atoms with E-state index in [0.717, 1.165) is 38.9 Å². The number of benzene rings is 4. The van der Waals surface area contributed by atoms with Gasteiger partial charge in [0.2, 0.25) is 0 Å². The molecule has 0 bridgehead atoms. The molecule has 1 atom stereocenters. The maximum Gasteiger partial charge on any atom is 0.407 e. The zero-order valence-electron chi connectivity index (χ0n) is 20.3. The number of rotatable bonds is 8. The van der Waals surface area contributed by atoms with E-state index in [1.54, 1.807) is 24.3 Å². The smallest absolute Gasteiger partial charge is 0.407 e. The van der Waals surface area contributed by atoms with E-state index in [2.05, 4.69) is 5.32 Å². The molecule has 1 amide bonds. The highest BCUT2D eigenvalue weighted by molar-refractivity contribution is 5.88. The Morgan fingerprint density at radius 1 is 0.737 bits per heavy atom. The van der Waals surface area contributed by atoms with E-state index in [4.69, 9.17) is 9.84 Å². The molecule has 0 aromatic heterocycles. The summed E-state index contributed by atoms with van der Waals surface area (Å²) >= 11 is 0. The summed E-state index contributed by atoms with van der Waals surface area (Å²) < 4.78 is 5.51. The minimum atomic E-state index is -1.16. The van der Waals surface area contributed by atoms with Gasteiger partial charge in [-0.3, -0.25) is 0 Å². The maximum absolute atomic E-state index is 12.6. The van der Waals surface area contributed by atoms with Gasteiger partial charge in [-0.25, -0.2) is 14.4 Å². The molecule has 0 saturated heterocycles. The number of ether oxygens (including phenoxy) is 1. The maximum atomic E-state index is 12.6. The van der Waals surface area contributed by atoms with Gasteiger partial charge in [0.25, 0.3) is 0 Å². The van der Waals surface area contributed by atoms with Crippen molar-refractivity contribution in [1.82, 2.24) is 5.32 Å². The molecule has 3 N–H and O–H groups in total. The number of aromatic carboxylic acids is 1. The lowest BCUT2D eigenvalue weighted by Gasteiger charge is -2.17. The van der Waals surface area contributed by atoms with Gasteiger partial charge in [-0.05, 0) is 51.1 Å². The van der Waals surface area contributed by atoms with Crippen molar-refractivity contribution in [3.8, 4) is 22.3 Å². The van der Waals surface area contributed by atoms with Crippen LogP contribution >= 0.6 is 0 Å². The largest absolute Gasteiger partial charge is 0.480 e. The number of carbonyl (C=O) groups excluding carboxylic acids is 1. The Bertz CT molecular complexity index is 1450. The van der Waals surface area contributed by atoms with Gasteiger partial charge in [0.15, 0.2) is 0 Å². The molecule has 1 aliphatic carbocycles. The molecule has 190 valence electrons. The summed E-state index contributed by atoms with van der Waals surface area (Å²) in [6, 6.07) is 28.6. The molecule has 4 aromatic rings. The van der Waals surface area contributed by atoms with Gasteiger partial charge in [0.05, 0.1) is 5.56 Å². The van der Waals surface area contributed by atoms with Crippen LogP contribution in [0.25, 0.3) is 22.3 Å². The third-order valence-corrected chi connectivity index (χ3v) is 6.79. The summed E-state index contributed by atoms with van der Waals surface area (Å²) in [5.74, 6) is -2.27. The Morgan fingerprint density at radius 3 is 1.79 bits per heavy atom. The molecule has 1 unspecified atom stereocenters. The SMILES string of the molecule is O=C(NC(Cc1ccc(-c2ccc(C(=O)O)cc2)cc1)C(=O)O)OCC1c2ccccc2-c2ccccc21. The predicted molar refractivity (Wildman–Crippen MR) is 142 cm³/mol. The quantitative estimate of drug-likeness (QED) is 0.287. The number of alkyl carbamates (subject to hydrolysis) is 1. The number of hydrogen-bond acceptors (Lipinski definition) is 4. The minimum Gasteiger partial charge on any atom is -0.480 e. The lowest BCUT2D eigenvalue weighted by atomic mass is 9.98.